The molecule has 0 saturated heterocycles. The van der Waals surface area contributed by atoms with Crippen LogP contribution in [-0.2, 0) is 19.1 Å². The number of carbonyl (C=O) groups is 3. The van der Waals surface area contributed by atoms with Crippen LogP contribution in [0, 0.1) is 5.92 Å². The van der Waals surface area contributed by atoms with Gasteiger partial charge in [-0.05, 0) is 18.9 Å². The van der Waals surface area contributed by atoms with Gasteiger partial charge in [0.2, 0.25) is 0 Å². The van der Waals surface area contributed by atoms with Gasteiger partial charge in [0.15, 0.2) is 6.61 Å². The third kappa shape index (κ3) is 5.67. The molecule has 0 radical (unpaired) electrons. The standard InChI is InChI=1S/C16H23NO5S/c1-6-21-16(20)11-7-12(9(2)3)23-14(11)17-13(18)8-22-15(19)10(4)5/h7,9-10H,6,8H2,1-5H3,(H,17,18). The fraction of sp³-hybridized carbons (Fsp3) is 0.562. The summed E-state index contributed by atoms with van der Waals surface area (Å²) in [6.45, 7) is 8.96. The van der Waals surface area contributed by atoms with Crippen molar-refractivity contribution in [3.8, 4) is 0 Å². The van der Waals surface area contributed by atoms with Gasteiger partial charge >= 0.3 is 11.9 Å². The SMILES string of the molecule is CCOC(=O)c1cc(C(C)C)sc1NC(=O)COC(=O)C(C)C. The number of nitrogens with one attached hydrogen (secondary N) is 1. The van der Waals surface area contributed by atoms with Crippen LogP contribution in [0.3, 0.4) is 0 Å². The molecule has 0 aliphatic rings. The van der Waals surface area contributed by atoms with E-state index in [1.807, 2.05) is 13.8 Å². The molecule has 0 saturated carbocycles. The van der Waals surface area contributed by atoms with Crippen molar-refractivity contribution in [1.82, 2.24) is 0 Å². The summed E-state index contributed by atoms with van der Waals surface area (Å²) < 4.78 is 9.88. The first kappa shape index (κ1) is 19.2. The lowest BCUT2D eigenvalue weighted by atomic mass is 10.1. The maximum atomic E-state index is 12.0. The third-order valence-electron chi connectivity index (χ3n) is 2.89. The van der Waals surface area contributed by atoms with Crippen molar-refractivity contribution in [1.29, 1.82) is 0 Å². The molecule has 1 aromatic heterocycles. The number of esters is 2. The smallest absolute Gasteiger partial charge is 0.341 e. The van der Waals surface area contributed by atoms with Crippen LogP contribution in [0.25, 0.3) is 0 Å². The van der Waals surface area contributed by atoms with Crippen LogP contribution < -0.4 is 5.32 Å². The van der Waals surface area contributed by atoms with Crippen LogP contribution in [0.5, 0.6) is 0 Å². The molecule has 1 aromatic rings. The first-order valence-corrected chi connectivity index (χ1v) is 8.35. The largest absolute Gasteiger partial charge is 0.462 e. The average molecular weight is 341 g/mol. The molecular weight excluding hydrogens is 318 g/mol. The number of anilines is 1. The minimum absolute atomic E-state index is 0.220. The highest BCUT2D eigenvalue weighted by molar-refractivity contribution is 7.16. The molecule has 0 fully saturated rings. The summed E-state index contributed by atoms with van der Waals surface area (Å²) in [5.74, 6) is -1.49. The number of carbonyl (C=O) groups excluding carboxylic acids is 3. The summed E-state index contributed by atoms with van der Waals surface area (Å²) in [6, 6.07) is 1.73. The van der Waals surface area contributed by atoms with Gasteiger partial charge in [0, 0.05) is 4.88 Å². The number of rotatable bonds is 7. The molecule has 7 heteroatoms. The minimum Gasteiger partial charge on any atom is -0.462 e. The highest BCUT2D eigenvalue weighted by atomic mass is 32.1. The number of hydrogen-bond donors (Lipinski definition) is 1. The van der Waals surface area contributed by atoms with Crippen molar-refractivity contribution < 1.29 is 23.9 Å². The van der Waals surface area contributed by atoms with E-state index in [2.05, 4.69) is 5.32 Å². The van der Waals surface area contributed by atoms with Crippen molar-refractivity contribution in [3.05, 3.63) is 16.5 Å². The topological polar surface area (TPSA) is 81.7 Å². The highest BCUT2D eigenvalue weighted by Crippen LogP contribution is 2.33. The van der Waals surface area contributed by atoms with Crippen LogP contribution in [0.1, 0.15) is 55.8 Å². The molecule has 0 spiro atoms. The lowest BCUT2D eigenvalue weighted by Crippen LogP contribution is -2.23. The molecule has 128 valence electrons. The fourth-order valence-corrected chi connectivity index (χ4v) is 2.68. The molecule has 1 rings (SSSR count). The van der Waals surface area contributed by atoms with Gasteiger partial charge in [-0.1, -0.05) is 27.7 Å². The minimum atomic E-state index is -0.485. The normalized spacial score (nSPS) is 10.7. The number of amides is 1. The van der Waals surface area contributed by atoms with Gasteiger partial charge in [-0.15, -0.1) is 11.3 Å². The van der Waals surface area contributed by atoms with Gasteiger partial charge in [-0.2, -0.15) is 0 Å². The van der Waals surface area contributed by atoms with E-state index in [1.165, 1.54) is 11.3 Å². The van der Waals surface area contributed by atoms with Gasteiger partial charge in [0.1, 0.15) is 5.00 Å². The Bertz CT molecular complexity index is 577. The summed E-state index contributed by atoms with van der Waals surface area (Å²) in [5.41, 5.74) is 0.323. The van der Waals surface area contributed by atoms with Gasteiger partial charge in [0.25, 0.3) is 5.91 Å². The second kappa shape index (κ2) is 8.67. The molecule has 1 N–H and O–H groups in total. The summed E-state index contributed by atoms with van der Waals surface area (Å²) >= 11 is 1.32. The monoisotopic (exact) mass is 341 g/mol. The predicted octanol–water partition coefficient (Wildman–Crippen LogP) is 3.19. The lowest BCUT2D eigenvalue weighted by Gasteiger charge is -2.08. The van der Waals surface area contributed by atoms with Crippen molar-refractivity contribution in [2.75, 3.05) is 18.5 Å². The van der Waals surface area contributed by atoms with Gasteiger partial charge < -0.3 is 14.8 Å². The fourth-order valence-electron chi connectivity index (χ4n) is 1.61. The number of ether oxygens (including phenoxy) is 2. The Kier molecular flexibility index (Phi) is 7.22. The Morgan fingerprint density at radius 2 is 1.83 bits per heavy atom. The van der Waals surface area contributed by atoms with Crippen LogP contribution >= 0.6 is 11.3 Å². The van der Waals surface area contributed by atoms with Crippen molar-refractivity contribution >= 4 is 34.2 Å². The summed E-state index contributed by atoms with van der Waals surface area (Å²) in [4.78, 5) is 36.2. The van der Waals surface area contributed by atoms with Gasteiger partial charge in [-0.3, -0.25) is 9.59 Å². The molecule has 0 atom stereocenters. The lowest BCUT2D eigenvalue weighted by molar-refractivity contribution is -0.150. The molecule has 0 bridgehead atoms. The number of hydrogen-bond acceptors (Lipinski definition) is 6. The van der Waals surface area contributed by atoms with Gasteiger partial charge in [-0.25, -0.2) is 4.79 Å². The maximum Gasteiger partial charge on any atom is 0.341 e. The number of thiophene rings is 1. The first-order chi connectivity index (χ1) is 10.8. The van der Waals surface area contributed by atoms with E-state index in [-0.39, 0.29) is 25.0 Å². The molecule has 23 heavy (non-hydrogen) atoms. The van der Waals surface area contributed by atoms with E-state index < -0.39 is 17.8 Å². The average Bonchev–Trinajstić information content (AvgIpc) is 2.89. The molecule has 1 amide bonds. The Morgan fingerprint density at radius 1 is 1.17 bits per heavy atom. The van der Waals surface area contributed by atoms with Crippen LogP contribution in [0.4, 0.5) is 5.00 Å². The molecule has 0 aromatic carbocycles. The van der Waals surface area contributed by atoms with Crippen LogP contribution in [-0.4, -0.2) is 31.1 Å². The molecule has 6 nitrogen and oxygen atoms in total. The van der Waals surface area contributed by atoms with Gasteiger partial charge in [0.05, 0.1) is 18.1 Å². The highest BCUT2D eigenvalue weighted by Gasteiger charge is 2.21. The van der Waals surface area contributed by atoms with Crippen molar-refractivity contribution in [2.45, 2.75) is 40.5 Å². The quantitative estimate of drug-likeness (QED) is 0.770. The van der Waals surface area contributed by atoms with E-state index in [1.54, 1.807) is 26.8 Å². The second-order valence-corrected chi connectivity index (χ2v) is 6.66. The first-order valence-electron chi connectivity index (χ1n) is 7.53. The Labute approximate surface area is 140 Å². The van der Waals surface area contributed by atoms with Crippen LogP contribution in [0.2, 0.25) is 0 Å². The molecule has 1 heterocycles. The van der Waals surface area contributed by atoms with E-state index >= 15 is 0 Å². The zero-order chi connectivity index (χ0) is 17.6. The summed E-state index contributed by atoms with van der Waals surface area (Å²) in [7, 11) is 0. The van der Waals surface area contributed by atoms with E-state index in [0.29, 0.717) is 10.6 Å². The second-order valence-electron chi connectivity index (χ2n) is 5.58. The Hall–Kier alpha value is -1.89. The van der Waals surface area contributed by atoms with Crippen molar-refractivity contribution in [3.63, 3.8) is 0 Å². The molecule has 0 aliphatic heterocycles. The Balaban J connectivity index is 2.83. The van der Waals surface area contributed by atoms with Crippen LogP contribution in [0.15, 0.2) is 6.07 Å². The van der Waals surface area contributed by atoms with E-state index in [4.69, 9.17) is 9.47 Å². The van der Waals surface area contributed by atoms with E-state index in [9.17, 15) is 14.4 Å². The summed E-state index contributed by atoms with van der Waals surface area (Å²) in [6.07, 6.45) is 0. The molecule has 0 unspecified atom stereocenters. The molecule has 0 aliphatic carbocycles. The third-order valence-corrected chi connectivity index (χ3v) is 4.24. The zero-order valence-corrected chi connectivity index (χ0v) is 14.9. The maximum absolute atomic E-state index is 12.0. The molecular formula is C16H23NO5S. The summed E-state index contributed by atoms with van der Waals surface area (Å²) in [5, 5.41) is 3.04. The zero-order valence-electron chi connectivity index (χ0n) is 14.1. The van der Waals surface area contributed by atoms with Crippen molar-refractivity contribution in [2.24, 2.45) is 5.92 Å². The predicted molar refractivity (Wildman–Crippen MR) is 88.8 cm³/mol. The Morgan fingerprint density at radius 3 is 2.35 bits per heavy atom. The van der Waals surface area contributed by atoms with E-state index in [0.717, 1.165) is 4.88 Å².